The highest BCUT2D eigenvalue weighted by Gasteiger charge is 2.11. The molecule has 0 radical (unpaired) electrons. The maximum atomic E-state index is 6.17. The fourth-order valence-electron chi connectivity index (χ4n) is 1.71. The van der Waals surface area contributed by atoms with E-state index in [-0.39, 0.29) is 0 Å². The van der Waals surface area contributed by atoms with Crippen molar-refractivity contribution in [2.75, 3.05) is 0 Å². The van der Waals surface area contributed by atoms with E-state index in [1.54, 1.807) is 28.9 Å². The average Bonchev–Trinajstić information content (AvgIpc) is 2.81. The number of fused-ring (bicyclic) bond motifs is 1. The number of halogens is 3. The van der Waals surface area contributed by atoms with Crippen LogP contribution < -0.4 is 0 Å². The molecular formula is C12H6Cl3N3. The molecule has 0 spiro atoms. The first kappa shape index (κ1) is 11.8. The summed E-state index contributed by atoms with van der Waals surface area (Å²) in [4.78, 5) is 4.44. The Bertz CT molecular complexity index is 737. The summed E-state index contributed by atoms with van der Waals surface area (Å²) in [6.45, 7) is 0. The zero-order valence-corrected chi connectivity index (χ0v) is 11.2. The third-order valence-corrected chi connectivity index (χ3v) is 3.63. The Labute approximate surface area is 118 Å². The minimum Gasteiger partial charge on any atom is -0.228 e. The van der Waals surface area contributed by atoms with E-state index in [0.717, 1.165) is 5.56 Å². The van der Waals surface area contributed by atoms with Gasteiger partial charge in [0.25, 0.3) is 0 Å². The van der Waals surface area contributed by atoms with Gasteiger partial charge in [0, 0.05) is 17.7 Å². The van der Waals surface area contributed by atoms with Gasteiger partial charge in [-0.1, -0.05) is 46.9 Å². The normalized spacial score (nSPS) is 11.1. The van der Waals surface area contributed by atoms with Crippen LogP contribution in [0.1, 0.15) is 0 Å². The minimum absolute atomic E-state index is 0.464. The van der Waals surface area contributed by atoms with Gasteiger partial charge in [0.2, 0.25) is 0 Å². The molecule has 0 fully saturated rings. The standard InChI is InChI=1S/C12H6Cl3N3/c13-8-3-1-2-7(12(8)15)9-6-10(14)18-11(17-9)4-5-16-18/h1-6H. The molecule has 3 rings (SSSR count). The number of hydrogen-bond acceptors (Lipinski definition) is 2. The molecule has 0 aliphatic rings. The zero-order valence-electron chi connectivity index (χ0n) is 8.94. The molecule has 2 aromatic heterocycles. The van der Waals surface area contributed by atoms with E-state index < -0.39 is 0 Å². The largest absolute Gasteiger partial charge is 0.228 e. The van der Waals surface area contributed by atoms with E-state index in [0.29, 0.717) is 26.5 Å². The second-order valence-electron chi connectivity index (χ2n) is 3.67. The van der Waals surface area contributed by atoms with Crippen LogP contribution in [0.25, 0.3) is 16.9 Å². The van der Waals surface area contributed by atoms with Crippen molar-refractivity contribution in [2.45, 2.75) is 0 Å². The van der Waals surface area contributed by atoms with Crippen molar-refractivity contribution >= 4 is 40.4 Å². The summed E-state index contributed by atoms with van der Waals surface area (Å²) in [7, 11) is 0. The van der Waals surface area contributed by atoms with E-state index in [2.05, 4.69) is 10.1 Å². The first-order chi connectivity index (χ1) is 8.66. The van der Waals surface area contributed by atoms with E-state index in [9.17, 15) is 0 Å². The molecule has 0 amide bonds. The molecule has 0 aliphatic heterocycles. The van der Waals surface area contributed by atoms with Crippen LogP contribution in [0.4, 0.5) is 0 Å². The van der Waals surface area contributed by atoms with Gasteiger partial charge in [-0.15, -0.1) is 0 Å². The lowest BCUT2D eigenvalue weighted by Crippen LogP contribution is -1.94. The summed E-state index contributed by atoms with van der Waals surface area (Å²) in [5.74, 6) is 0. The molecule has 0 N–H and O–H groups in total. The Morgan fingerprint density at radius 1 is 1.06 bits per heavy atom. The smallest absolute Gasteiger partial charge is 0.157 e. The topological polar surface area (TPSA) is 30.2 Å². The highest BCUT2D eigenvalue weighted by Crippen LogP contribution is 2.33. The highest BCUT2D eigenvalue weighted by atomic mass is 35.5. The lowest BCUT2D eigenvalue weighted by Gasteiger charge is -2.06. The molecule has 3 aromatic rings. The average molecular weight is 299 g/mol. The SMILES string of the molecule is Clc1cccc(-c2cc(Cl)n3nccc3n2)c1Cl. The quantitative estimate of drug-likeness (QED) is 0.625. The molecule has 18 heavy (non-hydrogen) atoms. The number of aromatic nitrogens is 3. The molecule has 3 nitrogen and oxygen atoms in total. The molecular weight excluding hydrogens is 293 g/mol. The van der Waals surface area contributed by atoms with Gasteiger partial charge < -0.3 is 0 Å². The Balaban J connectivity index is 2.28. The third kappa shape index (κ3) is 1.85. The van der Waals surface area contributed by atoms with Crippen LogP contribution in [0, 0.1) is 0 Å². The second-order valence-corrected chi connectivity index (χ2v) is 4.84. The Kier molecular flexibility index (Phi) is 2.90. The number of nitrogens with zero attached hydrogens (tertiary/aromatic N) is 3. The Morgan fingerprint density at radius 3 is 2.72 bits per heavy atom. The monoisotopic (exact) mass is 297 g/mol. The predicted octanol–water partition coefficient (Wildman–Crippen LogP) is 4.36. The highest BCUT2D eigenvalue weighted by molar-refractivity contribution is 6.43. The first-order valence-electron chi connectivity index (χ1n) is 5.11. The van der Waals surface area contributed by atoms with E-state index in [1.807, 2.05) is 12.1 Å². The number of benzene rings is 1. The van der Waals surface area contributed by atoms with Crippen molar-refractivity contribution in [3.05, 3.63) is 51.7 Å². The van der Waals surface area contributed by atoms with Crippen molar-refractivity contribution in [3.63, 3.8) is 0 Å². The van der Waals surface area contributed by atoms with Crippen LogP contribution in [-0.2, 0) is 0 Å². The fourth-order valence-corrected chi connectivity index (χ4v) is 2.35. The molecule has 0 aliphatic carbocycles. The first-order valence-corrected chi connectivity index (χ1v) is 6.25. The van der Waals surface area contributed by atoms with Crippen molar-refractivity contribution < 1.29 is 0 Å². The third-order valence-electron chi connectivity index (χ3n) is 2.54. The van der Waals surface area contributed by atoms with Gasteiger partial charge >= 0.3 is 0 Å². The van der Waals surface area contributed by atoms with E-state index in [4.69, 9.17) is 34.8 Å². The molecule has 2 heterocycles. The van der Waals surface area contributed by atoms with Gasteiger partial charge in [-0.05, 0) is 6.07 Å². The minimum atomic E-state index is 0.464. The van der Waals surface area contributed by atoms with Gasteiger partial charge in [0.1, 0.15) is 5.15 Å². The second kappa shape index (κ2) is 4.43. The van der Waals surface area contributed by atoms with Crippen LogP contribution in [-0.4, -0.2) is 14.6 Å². The summed E-state index contributed by atoms with van der Waals surface area (Å²) in [6, 6.07) is 8.87. The number of hydrogen-bond donors (Lipinski definition) is 0. The summed E-state index contributed by atoms with van der Waals surface area (Å²) < 4.78 is 1.55. The summed E-state index contributed by atoms with van der Waals surface area (Å²) in [5.41, 5.74) is 2.07. The summed E-state index contributed by atoms with van der Waals surface area (Å²) in [6.07, 6.45) is 1.64. The van der Waals surface area contributed by atoms with Crippen LogP contribution in [0.5, 0.6) is 0 Å². The van der Waals surface area contributed by atoms with Crippen molar-refractivity contribution in [1.82, 2.24) is 14.6 Å². The van der Waals surface area contributed by atoms with Gasteiger partial charge in [-0.3, -0.25) is 0 Å². The van der Waals surface area contributed by atoms with Crippen LogP contribution in [0.2, 0.25) is 15.2 Å². The molecule has 0 unspecified atom stereocenters. The maximum absolute atomic E-state index is 6.17. The molecule has 1 aromatic carbocycles. The zero-order chi connectivity index (χ0) is 12.7. The van der Waals surface area contributed by atoms with E-state index >= 15 is 0 Å². The van der Waals surface area contributed by atoms with Crippen LogP contribution in [0.15, 0.2) is 36.5 Å². The predicted molar refractivity (Wildman–Crippen MR) is 73.5 cm³/mol. The Morgan fingerprint density at radius 2 is 1.89 bits per heavy atom. The molecule has 0 atom stereocenters. The molecule has 90 valence electrons. The molecule has 0 bridgehead atoms. The lowest BCUT2D eigenvalue weighted by molar-refractivity contribution is 0.942. The van der Waals surface area contributed by atoms with Crippen molar-refractivity contribution in [3.8, 4) is 11.3 Å². The lowest BCUT2D eigenvalue weighted by atomic mass is 10.1. The van der Waals surface area contributed by atoms with Crippen molar-refractivity contribution in [2.24, 2.45) is 0 Å². The van der Waals surface area contributed by atoms with Gasteiger partial charge in [0.15, 0.2) is 5.65 Å². The Hall–Kier alpha value is -1.29. The van der Waals surface area contributed by atoms with Gasteiger partial charge in [0.05, 0.1) is 21.9 Å². The van der Waals surface area contributed by atoms with Gasteiger partial charge in [-0.2, -0.15) is 5.10 Å². The van der Waals surface area contributed by atoms with Crippen LogP contribution >= 0.6 is 34.8 Å². The van der Waals surface area contributed by atoms with Gasteiger partial charge in [-0.25, -0.2) is 9.50 Å². The van der Waals surface area contributed by atoms with Crippen LogP contribution in [0.3, 0.4) is 0 Å². The maximum Gasteiger partial charge on any atom is 0.157 e. The summed E-state index contributed by atoms with van der Waals surface area (Å²) >= 11 is 18.3. The van der Waals surface area contributed by atoms with E-state index in [1.165, 1.54) is 0 Å². The number of rotatable bonds is 1. The molecule has 0 saturated heterocycles. The summed E-state index contributed by atoms with van der Waals surface area (Å²) in [5, 5.41) is 5.48. The fraction of sp³-hybridized carbons (Fsp3) is 0. The molecule has 6 heteroatoms. The van der Waals surface area contributed by atoms with Crippen molar-refractivity contribution in [1.29, 1.82) is 0 Å². The molecule has 0 saturated carbocycles.